The van der Waals surface area contributed by atoms with Gasteiger partial charge in [0, 0.05) is 22.3 Å². The minimum atomic E-state index is -0.190. The van der Waals surface area contributed by atoms with Gasteiger partial charge in [0.15, 0.2) is 17.3 Å². The van der Waals surface area contributed by atoms with Gasteiger partial charge in [-0.2, -0.15) is 5.10 Å². The molecule has 0 aliphatic rings. The topological polar surface area (TPSA) is 71.2 Å². The fourth-order valence-corrected chi connectivity index (χ4v) is 2.81. The zero-order valence-electron chi connectivity index (χ0n) is 13.5. The predicted octanol–water partition coefficient (Wildman–Crippen LogP) is 4.67. The number of hydrogen-bond donors (Lipinski definition) is 2. The lowest BCUT2D eigenvalue weighted by molar-refractivity contribution is 0.404. The van der Waals surface area contributed by atoms with E-state index < -0.39 is 0 Å². The van der Waals surface area contributed by atoms with E-state index in [1.165, 1.54) is 12.1 Å². The Morgan fingerprint density at radius 1 is 0.808 bits per heavy atom. The summed E-state index contributed by atoms with van der Waals surface area (Å²) in [5, 5.41) is 24.8. The first kappa shape index (κ1) is 16.2. The van der Waals surface area contributed by atoms with E-state index in [0.717, 1.165) is 17.0 Å². The second-order valence-corrected chi connectivity index (χ2v) is 6.16. The maximum Gasteiger partial charge on any atom is 0.158 e. The molecule has 0 bridgehead atoms. The molecule has 4 rings (SSSR count). The molecule has 0 saturated heterocycles. The minimum absolute atomic E-state index is 0.171. The number of pyridine rings is 1. The van der Waals surface area contributed by atoms with Gasteiger partial charge in [0.25, 0.3) is 0 Å². The summed E-state index contributed by atoms with van der Waals surface area (Å²) in [7, 11) is 0. The lowest BCUT2D eigenvalue weighted by Crippen LogP contribution is -2.01. The quantitative estimate of drug-likeness (QED) is 0.519. The molecular formula is C20H14ClN3O2. The number of nitrogens with zero attached hydrogens (tertiary/aromatic N) is 3. The Morgan fingerprint density at radius 3 is 2.27 bits per heavy atom. The van der Waals surface area contributed by atoms with Crippen LogP contribution in [0.25, 0.3) is 28.3 Å². The Balaban J connectivity index is 1.90. The van der Waals surface area contributed by atoms with Crippen LogP contribution in [0, 0.1) is 0 Å². The van der Waals surface area contributed by atoms with Crippen LogP contribution in [0.1, 0.15) is 0 Å². The number of rotatable bonds is 3. The van der Waals surface area contributed by atoms with E-state index in [1.54, 1.807) is 16.9 Å². The molecule has 0 fully saturated rings. The summed E-state index contributed by atoms with van der Waals surface area (Å²) in [5.41, 5.74) is 3.10. The van der Waals surface area contributed by atoms with Gasteiger partial charge in [-0.25, -0.2) is 9.67 Å². The third-order valence-electron chi connectivity index (χ3n) is 3.99. The lowest BCUT2D eigenvalue weighted by Gasteiger charge is -2.07. The van der Waals surface area contributed by atoms with Gasteiger partial charge in [0.2, 0.25) is 0 Å². The number of benzene rings is 2. The third-order valence-corrected chi connectivity index (χ3v) is 4.24. The molecule has 0 saturated carbocycles. The van der Waals surface area contributed by atoms with Gasteiger partial charge in [-0.05, 0) is 48.5 Å². The van der Waals surface area contributed by atoms with Gasteiger partial charge >= 0.3 is 0 Å². The third kappa shape index (κ3) is 3.00. The van der Waals surface area contributed by atoms with Crippen molar-refractivity contribution in [1.29, 1.82) is 0 Å². The summed E-state index contributed by atoms with van der Waals surface area (Å²) in [4.78, 5) is 4.36. The van der Waals surface area contributed by atoms with E-state index in [-0.39, 0.29) is 11.5 Å². The summed E-state index contributed by atoms with van der Waals surface area (Å²) in [5.74, 6) is 0.287. The lowest BCUT2D eigenvalue weighted by atomic mass is 10.1. The molecule has 6 heteroatoms. The molecule has 2 heterocycles. The Bertz CT molecular complexity index is 1060. The Labute approximate surface area is 154 Å². The second kappa shape index (κ2) is 6.54. The van der Waals surface area contributed by atoms with E-state index in [0.29, 0.717) is 16.4 Å². The first-order chi connectivity index (χ1) is 12.6. The van der Waals surface area contributed by atoms with E-state index >= 15 is 0 Å². The van der Waals surface area contributed by atoms with Gasteiger partial charge < -0.3 is 10.2 Å². The number of aromatic nitrogens is 3. The van der Waals surface area contributed by atoms with Crippen LogP contribution in [0.2, 0.25) is 5.02 Å². The molecule has 2 aromatic carbocycles. The molecule has 0 amide bonds. The van der Waals surface area contributed by atoms with Crippen LogP contribution in [0.15, 0.2) is 72.9 Å². The monoisotopic (exact) mass is 363 g/mol. The average molecular weight is 364 g/mol. The van der Waals surface area contributed by atoms with Crippen molar-refractivity contribution in [3.05, 3.63) is 77.9 Å². The molecule has 0 unspecified atom stereocenters. The number of halogens is 1. The Hall–Kier alpha value is -3.31. The zero-order valence-corrected chi connectivity index (χ0v) is 14.3. The van der Waals surface area contributed by atoms with Crippen LogP contribution in [0.3, 0.4) is 0 Å². The number of hydrogen-bond acceptors (Lipinski definition) is 4. The maximum absolute atomic E-state index is 9.87. The predicted molar refractivity (Wildman–Crippen MR) is 101 cm³/mol. The van der Waals surface area contributed by atoms with Crippen molar-refractivity contribution in [2.24, 2.45) is 0 Å². The second-order valence-electron chi connectivity index (χ2n) is 5.72. The van der Waals surface area contributed by atoms with Crippen LogP contribution in [-0.4, -0.2) is 25.0 Å². The fraction of sp³-hybridized carbons (Fsp3) is 0. The zero-order chi connectivity index (χ0) is 18.1. The molecule has 0 radical (unpaired) electrons. The highest BCUT2D eigenvalue weighted by molar-refractivity contribution is 6.30. The van der Waals surface area contributed by atoms with Gasteiger partial charge in [-0.3, -0.25) is 0 Å². The standard InChI is InChI=1S/C20H14ClN3O2/c21-15-7-4-13(5-8-15)16-12-17(14-6-9-18(25)19(26)11-14)24(23-16)20-3-1-2-10-22-20/h1-12,25-26H. The Morgan fingerprint density at radius 2 is 1.58 bits per heavy atom. The van der Waals surface area contributed by atoms with Crippen molar-refractivity contribution in [2.45, 2.75) is 0 Å². The van der Waals surface area contributed by atoms with Gasteiger partial charge in [-0.15, -0.1) is 0 Å². The molecule has 2 aromatic heterocycles. The fourth-order valence-electron chi connectivity index (χ4n) is 2.68. The van der Waals surface area contributed by atoms with Gasteiger partial charge in [-0.1, -0.05) is 29.8 Å². The summed E-state index contributed by atoms with van der Waals surface area (Å²) in [6, 6.07) is 19.5. The van der Waals surface area contributed by atoms with Crippen molar-refractivity contribution >= 4 is 11.6 Å². The van der Waals surface area contributed by atoms with Crippen molar-refractivity contribution < 1.29 is 10.2 Å². The van der Waals surface area contributed by atoms with E-state index in [1.807, 2.05) is 48.5 Å². The normalized spacial score (nSPS) is 10.8. The van der Waals surface area contributed by atoms with E-state index in [4.69, 9.17) is 11.6 Å². The van der Waals surface area contributed by atoms with Crippen molar-refractivity contribution in [1.82, 2.24) is 14.8 Å². The molecule has 2 N–H and O–H groups in total. The van der Waals surface area contributed by atoms with Gasteiger partial charge in [0.1, 0.15) is 0 Å². The average Bonchev–Trinajstić information content (AvgIpc) is 3.11. The van der Waals surface area contributed by atoms with Crippen molar-refractivity contribution in [3.8, 4) is 39.8 Å². The molecule has 0 aliphatic heterocycles. The number of phenolic OH excluding ortho intramolecular Hbond substituents is 2. The molecule has 5 nitrogen and oxygen atoms in total. The van der Waals surface area contributed by atoms with Crippen LogP contribution in [0.4, 0.5) is 0 Å². The minimum Gasteiger partial charge on any atom is -0.504 e. The SMILES string of the molecule is Oc1ccc(-c2cc(-c3ccc(Cl)cc3)nn2-c2ccccn2)cc1O. The van der Waals surface area contributed by atoms with Crippen molar-refractivity contribution in [2.75, 3.05) is 0 Å². The summed E-state index contributed by atoms with van der Waals surface area (Å²) >= 11 is 5.97. The maximum atomic E-state index is 9.87. The molecule has 26 heavy (non-hydrogen) atoms. The first-order valence-electron chi connectivity index (χ1n) is 7.91. The Kier molecular flexibility index (Phi) is 4.07. The molecule has 0 atom stereocenters. The molecular weight excluding hydrogens is 350 g/mol. The molecule has 0 spiro atoms. The van der Waals surface area contributed by atoms with Crippen LogP contribution in [0.5, 0.6) is 11.5 Å². The van der Waals surface area contributed by atoms with E-state index in [9.17, 15) is 10.2 Å². The van der Waals surface area contributed by atoms with Gasteiger partial charge in [0.05, 0.1) is 11.4 Å². The van der Waals surface area contributed by atoms with Crippen LogP contribution < -0.4 is 0 Å². The summed E-state index contributed by atoms with van der Waals surface area (Å²) in [6.45, 7) is 0. The van der Waals surface area contributed by atoms with E-state index in [2.05, 4.69) is 10.1 Å². The number of phenols is 2. The van der Waals surface area contributed by atoms with Crippen LogP contribution >= 0.6 is 11.6 Å². The molecule has 4 aromatic rings. The number of aromatic hydroxyl groups is 2. The summed E-state index contributed by atoms with van der Waals surface area (Å²) < 4.78 is 1.70. The molecule has 128 valence electrons. The smallest absolute Gasteiger partial charge is 0.158 e. The van der Waals surface area contributed by atoms with Crippen LogP contribution in [-0.2, 0) is 0 Å². The first-order valence-corrected chi connectivity index (χ1v) is 8.29. The summed E-state index contributed by atoms with van der Waals surface area (Å²) in [6.07, 6.45) is 1.69. The highest BCUT2D eigenvalue weighted by Crippen LogP contribution is 2.33. The highest BCUT2D eigenvalue weighted by Gasteiger charge is 2.15. The van der Waals surface area contributed by atoms with Crippen molar-refractivity contribution in [3.63, 3.8) is 0 Å². The largest absolute Gasteiger partial charge is 0.504 e. The molecule has 0 aliphatic carbocycles. The highest BCUT2D eigenvalue weighted by atomic mass is 35.5.